The van der Waals surface area contributed by atoms with Crippen LogP contribution < -0.4 is 20.7 Å². The molecule has 3 aromatic rings. The zero-order valence-corrected chi connectivity index (χ0v) is 17.3. The fourth-order valence-corrected chi connectivity index (χ4v) is 3.92. The average molecular weight is 414 g/mol. The predicted molar refractivity (Wildman–Crippen MR) is 127 cm³/mol. The van der Waals surface area contributed by atoms with E-state index >= 15 is 0 Å². The molecule has 31 heavy (non-hydrogen) atoms. The van der Waals surface area contributed by atoms with Gasteiger partial charge < -0.3 is 25.7 Å². The quantitative estimate of drug-likeness (QED) is 0.487. The molecule has 0 radical (unpaired) electrons. The molecule has 1 atom stereocenters. The molecule has 0 amide bonds. The molecule has 6 nitrogen and oxygen atoms in total. The maximum atomic E-state index is 6.07. The predicted octanol–water partition coefficient (Wildman–Crippen LogP) is 4.27. The van der Waals surface area contributed by atoms with Gasteiger partial charge in [0.2, 0.25) is 0 Å². The Balaban J connectivity index is 1.15. The molecule has 4 N–H and O–H groups in total. The lowest BCUT2D eigenvalue weighted by molar-refractivity contribution is 0.162. The van der Waals surface area contributed by atoms with Crippen molar-refractivity contribution in [3.63, 3.8) is 0 Å². The van der Waals surface area contributed by atoms with Crippen LogP contribution in [0.3, 0.4) is 0 Å². The summed E-state index contributed by atoms with van der Waals surface area (Å²) in [5.41, 5.74) is 4.35. The highest BCUT2D eigenvalue weighted by Gasteiger charge is 2.14. The number of allylic oxidation sites excluding steroid dienone is 2. The Morgan fingerprint density at radius 2 is 1.87 bits per heavy atom. The molecule has 2 aliphatic rings. The first-order valence-corrected chi connectivity index (χ1v) is 10.8. The summed E-state index contributed by atoms with van der Waals surface area (Å²) in [6.07, 6.45) is 12.3. The van der Waals surface area contributed by atoms with E-state index in [4.69, 9.17) is 4.74 Å². The molecule has 0 spiro atoms. The normalized spacial score (nSPS) is 19.4. The zero-order chi connectivity index (χ0) is 20.9. The summed E-state index contributed by atoms with van der Waals surface area (Å²) in [6.45, 7) is 2.06. The van der Waals surface area contributed by atoms with Crippen molar-refractivity contribution in [2.45, 2.75) is 25.2 Å². The number of aromatic amines is 1. The standard InChI is InChI=1S/C25H27N5O/c1-2-19(23-12-15-27-24(23)3-1)5-4-18-16-28-25(29-17-18)30-20-6-8-21(9-7-20)31-22-10-13-26-14-11-22/h1-9,12,15-17,22,25-28,30H,10-11,13-14H2/b5-4+. The molecule has 0 saturated carbocycles. The van der Waals surface area contributed by atoms with E-state index < -0.39 is 0 Å². The van der Waals surface area contributed by atoms with Crippen molar-refractivity contribution in [1.82, 2.24) is 15.6 Å². The van der Waals surface area contributed by atoms with Crippen molar-refractivity contribution in [2.24, 2.45) is 4.99 Å². The minimum Gasteiger partial charge on any atom is -0.490 e. The Kier molecular flexibility index (Phi) is 5.71. The van der Waals surface area contributed by atoms with Gasteiger partial charge in [0.25, 0.3) is 0 Å². The Hall–Kier alpha value is -3.51. The summed E-state index contributed by atoms with van der Waals surface area (Å²) >= 11 is 0. The molecule has 1 unspecified atom stereocenters. The van der Waals surface area contributed by atoms with Crippen LogP contribution in [0.15, 0.2) is 77.6 Å². The maximum absolute atomic E-state index is 6.07. The molecule has 2 aromatic carbocycles. The van der Waals surface area contributed by atoms with Gasteiger partial charge in [-0.05, 0) is 67.9 Å². The number of ether oxygens (including phenoxy) is 1. The van der Waals surface area contributed by atoms with Gasteiger partial charge in [-0.25, -0.2) is 4.99 Å². The summed E-state index contributed by atoms with van der Waals surface area (Å²) in [5.74, 6) is 0.919. The molecule has 1 fully saturated rings. The number of aromatic nitrogens is 1. The van der Waals surface area contributed by atoms with Crippen LogP contribution in [0.2, 0.25) is 0 Å². The van der Waals surface area contributed by atoms with Gasteiger partial charge in [-0.3, -0.25) is 0 Å². The van der Waals surface area contributed by atoms with Gasteiger partial charge in [0.15, 0.2) is 6.29 Å². The van der Waals surface area contributed by atoms with Crippen LogP contribution in [0.5, 0.6) is 5.75 Å². The van der Waals surface area contributed by atoms with Crippen molar-refractivity contribution >= 4 is 28.9 Å². The third-order valence-electron chi connectivity index (χ3n) is 5.61. The van der Waals surface area contributed by atoms with Crippen LogP contribution in [0.1, 0.15) is 18.4 Å². The van der Waals surface area contributed by atoms with Gasteiger partial charge in [0, 0.05) is 40.8 Å². The van der Waals surface area contributed by atoms with Gasteiger partial charge in [-0.15, -0.1) is 0 Å². The first-order valence-electron chi connectivity index (χ1n) is 10.8. The lowest BCUT2D eigenvalue weighted by Crippen LogP contribution is -2.34. The molecule has 3 heterocycles. The number of nitrogens with one attached hydrogen (secondary N) is 4. The van der Waals surface area contributed by atoms with Crippen LogP contribution in [0, 0.1) is 0 Å². The molecule has 1 saturated heterocycles. The number of aliphatic imine (C=N–C) groups is 1. The number of hydrogen-bond acceptors (Lipinski definition) is 5. The molecule has 2 aliphatic heterocycles. The van der Waals surface area contributed by atoms with Gasteiger partial charge in [-0.1, -0.05) is 24.3 Å². The summed E-state index contributed by atoms with van der Waals surface area (Å²) in [4.78, 5) is 7.82. The largest absolute Gasteiger partial charge is 0.490 e. The lowest BCUT2D eigenvalue weighted by Gasteiger charge is -2.24. The number of fused-ring (bicyclic) bond motifs is 1. The highest BCUT2D eigenvalue weighted by molar-refractivity contribution is 5.91. The number of rotatable bonds is 6. The Morgan fingerprint density at radius 1 is 1.00 bits per heavy atom. The number of anilines is 1. The first kappa shape index (κ1) is 19.5. The monoisotopic (exact) mass is 413 g/mol. The SMILES string of the molecule is C1=NC(Nc2ccc(OC3CCNCC3)cc2)NC=C1/C=C/c1cccc2[nH]ccc12. The maximum Gasteiger partial charge on any atom is 0.193 e. The molecular weight excluding hydrogens is 386 g/mol. The molecule has 0 bridgehead atoms. The van der Waals surface area contributed by atoms with Crippen LogP contribution in [0.25, 0.3) is 17.0 Å². The van der Waals surface area contributed by atoms with Crippen LogP contribution in [-0.4, -0.2) is 36.7 Å². The number of hydrogen-bond donors (Lipinski definition) is 4. The van der Waals surface area contributed by atoms with Crippen molar-refractivity contribution in [3.8, 4) is 5.75 Å². The third kappa shape index (κ3) is 4.81. The highest BCUT2D eigenvalue weighted by atomic mass is 16.5. The summed E-state index contributed by atoms with van der Waals surface area (Å²) in [6, 6.07) is 16.4. The summed E-state index contributed by atoms with van der Waals surface area (Å²) < 4.78 is 6.07. The van der Waals surface area contributed by atoms with E-state index in [1.165, 1.54) is 10.9 Å². The summed E-state index contributed by atoms with van der Waals surface area (Å²) in [7, 11) is 0. The molecular formula is C25H27N5O. The van der Waals surface area contributed by atoms with Gasteiger partial charge in [0.1, 0.15) is 11.9 Å². The van der Waals surface area contributed by atoms with Gasteiger partial charge in [0.05, 0.1) is 0 Å². The molecule has 1 aromatic heterocycles. The minimum atomic E-state index is -0.193. The van der Waals surface area contributed by atoms with E-state index in [2.05, 4.69) is 62.3 Å². The number of benzene rings is 2. The third-order valence-corrected chi connectivity index (χ3v) is 5.61. The summed E-state index contributed by atoms with van der Waals surface area (Å²) in [5, 5.41) is 11.3. The van der Waals surface area contributed by atoms with E-state index in [0.717, 1.165) is 48.5 Å². The first-order chi connectivity index (χ1) is 15.3. The van der Waals surface area contributed by atoms with Crippen LogP contribution in [0.4, 0.5) is 5.69 Å². The molecule has 0 aliphatic carbocycles. The average Bonchev–Trinajstić information content (AvgIpc) is 3.30. The molecule has 6 heteroatoms. The Morgan fingerprint density at radius 3 is 2.68 bits per heavy atom. The second-order valence-corrected chi connectivity index (χ2v) is 7.85. The fourth-order valence-electron chi connectivity index (χ4n) is 3.92. The van der Waals surface area contributed by atoms with Gasteiger partial charge >= 0.3 is 0 Å². The minimum absolute atomic E-state index is 0.193. The van der Waals surface area contributed by atoms with E-state index in [9.17, 15) is 0 Å². The fraction of sp³-hybridized carbons (Fsp3) is 0.240. The van der Waals surface area contributed by atoms with Crippen LogP contribution >= 0.6 is 0 Å². The zero-order valence-electron chi connectivity index (χ0n) is 17.3. The molecule has 5 rings (SSSR count). The lowest BCUT2D eigenvalue weighted by atomic mass is 10.1. The van der Waals surface area contributed by atoms with E-state index in [-0.39, 0.29) is 6.29 Å². The number of nitrogens with zero attached hydrogens (tertiary/aromatic N) is 1. The van der Waals surface area contributed by atoms with Crippen molar-refractivity contribution in [1.29, 1.82) is 0 Å². The second kappa shape index (κ2) is 9.10. The number of piperidine rings is 1. The number of H-pyrrole nitrogens is 1. The Bertz CT molecular complexity index is 1110. The van der Waals surface area contributed by atoms with E-state index in [1.54, 1.807) is 0 Å². The van der Waals surface area contributed by atoms with Crippen LogP contribution in [-0.2, 0) is 0 Å². The highest BCUT2D eigenvalue weighted by Crippen LogP contribution is 2.21. The van der Waals surface area contributed by atoms with Crippen molar-refractivity contribution < 1.29 is 4.74 Å². The molecule has 158 valence electrons. The second-order valence-electron chi connectivity index (χ2n) is 7.85. The Labute approximate surface area is 182 Å². The smallest absolute Gasteiger partial charge is 0.193 e. The topological polar surface area (TPSA) is 73.5 Å². The van der Waals surface area contributed by atoms with Crippen molar-refractivity contribution in [3.05, 3.63) is 78.1 Å². The van der Waals surface area contributed by atoms with Gasteiger partial charge in [-0.2, -0.15) is 0 Å². The van der Waals surface area contributed by atoms with E-state index in [0.29, 0.717) is 6.10 Å². The van der Waals surface area contributed by atoms with E-state index in [1.807, 2.05) is 42.9 Å². The van der Waals surface area contributed by atoms with Crippen molar-refractivity contribution in [2.75, 3.05) is 18.4 Å².